The summed E-state index contributed by atoms with van der Waals surface area (Å²) in [5.41, 5.74) is 8.48. The van der Waals surface area contributed by atoms with Crippen molar-refractivity contribution in [3.8, 4) is 0 Å². The van der Waals surface area contributed by atoms with Crippen LogP contribution in [0.1, 0.15) is 18.4 Å². The molecular formula is C14H15NO. The van der Waals surface area contributed by atoms with Gasteiger partial charge in [0.05, 0.1) is 0 Å². The van der Waals surface area contributed by atoms with Crippen LogP contribution in [-0.4, -0.2) is 5.91 Å². The molecule has 0 heterocycles. The fourth-order valence-electron chi connectivity index (χ4n) is 1.92. The molecule has 0 saturated heterocycles. The van der Waals surface area contributed by atoms with E-state index >= 15 is 0 Å². The molecule has 2 rings (SSSR count). The Morgan fingerprint density at radius 2 is 2.00 bits per heavy atom. The van der Waals surface area contributed by atoms with Crippen molar-refractivity contribution in [2.45, 2.75) is 19.3 Å². The van der Waals surface area contributed by atoms with Gasteiger partial charge in [-0.25, -0.2) is 0 Å². The van der Waals surface area contributed by atoms with E-state index in [9.17, 15) is 4.79 Å². The Hall–Kier alpha value is -1.83. The second-order valence-electron chi connectivity index (χ2n) is 4.01. The van der Waals surface area contributed by atoms with Gasteiger partial charge in [0, 0.05) is 5.57 Å². The van der Waals surface area contributed by atoms with Crippen LogP contribution < -0.4 is 5.73 Å². The van der Waals surface area contributed by atoms with E-state index in [-0.39, 0.29) is 5.91 Å². The van der Waals surface area contributed by atoms with Crippen LogP contribution in [0.25, 0.3) is 0 Å². The molecule has 2 heteroatoms. The first-order valence-electron chi connectivity index (χ1n) is 5.49. The van der Waals surface area contributed by atoms with E-state index in [1.807, 2.05) is 24.3 Å². The summed E-state index contributed by atoms with van der Waals surface area (Å²) in [6.07, 6.45) is 6.67. The van der Waals surface area contributed by atoms with Crippen LogP contribution in [0.2, 0.25) is 0 Å². The van der Waals surface area contributed by atoms with Crippen molar-refractivity contribution >= 4 is 5.91 Å². The van der Waals surface area contributed by atoms with E-state index in [0.29, 0.717) is 0 Å². The second kappa shape index (κ2) is 4.79. The fraction of sp³-hybridized carbons (Fsp3) is 0.214. The lowest BCUT2D eigenvalue weighted by atomic mass is 9.95. The molecule has 0 fully saturated rings. The first-order valence-corrected chi connectivity index (χ1v) is 5.49. The standard InChI is InChI=1S/C14H15NO/c15-14(16)13-8-4-7-12(10-13)9-11-5-2-1-3-6-11/h1-3,5-7,10H,4,8-9H2,(H2,15,16). The smallest absolute Gasteiger partial charge is 0.244 e. The maximum Gasteiger partial charge on any atom is 0.244 e. The van der Waals surface area contributed by atoms with Crippen LogP contribution in [0, 0.1) is 0 Å². The summed E-state index contributed by atoms with van der Waals surface area (Å²) in [5.74, 6) is -0.293. The number of benzene rings is 1. The van der Waals surface area contributed by atoms with Gasteiger partial charge in [0.1, 0.15) is 0 Å². The molecule has 16 heavy (non-hydrogen) atoms. The van der Waals surface area contributed by atoms with Crippen LogP contribution in [0.3, 0.4) is 0 Å². The van der Waals surface area contributed by atoms with E-state index in [0.717, 1.165) is 24.8 Å². The molecule has 0 atom stereocenters. The van der Waals surface area contributed by atoms with E-state index < -0.39 is 0 Å². The highest BCUT2D eigenvalue weighted by Gasteiger charge is 2.10. The summed E-state index contributed by atoms with van der Waals surface area (Å²) in [5, 5.41) is 0. The molecule has 0 unspecified atom stereocenters. The van der Waals surface area contributed by atoms with Gasteiger partial charge < -0.3 is 5.73 Å². The first-order chi connectivity index (χ1) is 7.75. The van der Waals surface area contributed by atoms with Gasteiger partial charge >= 0.3 is 0 Å². The molecular weight excluding hydrogens is 198 g/mol. The quantitative estimate of drug-likeness (QED) is 0.823. The van der Waals surface area contributed by atoms with Crippen molar-refractivity contribution in [2.24, 2.45) is 5.73 Å². The van der Waals surface area contributed by atoms with Crippen LogP contribution in [0.4, 0.5) is 0 Å². The molecule has 2 N–H and O–H groups in total. The zero-order chi connectivity index (χ0) is 11.4. The minimum atomic E-state index is -0.293. The summed E-state index contributed by atoms with van der Waals surface area (Å²) in [6, 6.07) is 10.2. The van der Waals surface area contributed by atoms with Crippen LogP contribution in [0.5, 0.6) is 0 Å². The molecule has 1 amide bonds. The van der Waals surface area contributed by atoms with Gasteiger partial charge in [-0.2, -0.15) is 0 Å². The molecule has 1 aromatic rings. The van der Waals surface area contributed by atoms with E-state index in [2.05, 4.69) is 18.2 Å². The van der Waals surface area contributed by atoms with Gasteiger partial charge in [-0.05, 0) is 30.4 Å². The number of rotatable bonds is 3. The highest BCUT2D eigenvalue weighted by atomic mass is 16.1. The SMILES string of the molecule is NC(=O)C1=CC(Cc2ccccc2)=CCC1. The lowest BCUT2D eigenvalue weighted by Crippen LogP contribution is -2.15. The van der Waals surface area contributed by atoms with Crippen molar-refractivity contribution in [2.75, 3.05) is 0 Å². The summed E-state index contributed by atoms with van der Waals surface area (Å²) in [6.45, 7) is 0. The number of hydrogen-bond donors (Lipinski definition) is 1. The molecule has 1 aliphatic carbocycles. The van der Waals surface area contributed by atoms with Crippen molar-refractivity contribution in [1.29, 1.82) is 0 Å². The lowest BCUT2D eigenvalue weighted by molar-refractivity contribution is -0.114. The monoisotopic (exact) mass is 213 g/mol. The maximum absolute atomic E-state index is 11.1. The van der Waals surface area contributed by atoms with E-state index in [1.165, 1.54) is 11.1 Å². The number of carbonyl (C=O) groups is 1. The highest BCUT2D eigenvalue weighted by Crippen LogP contribution is 2.20. The molecule has 0 bridgehead atoms. The molecule has 0 aromatic heterocycles. The van der Waals surface area contributed by atoms with Gasteiger partial charge in [-0.1, -0.05) is 42.5 Å². The Labute approximate surface area is 95.5 Å². The molecule has 1 aromatic carbocycles. The Morgan fingerprint density at radius 1 is 1.25 bits per heavy atom. The minimum Gasteiger partial charge on any atom is -0.366 e. The molecule has 0 aliphatic heterocycles. The zero-order valence-electron chi connectivity index (χ0n) is 9.15. The average Bonchev–Trinajstić information content (AvgIpc) is 2.30. The largest absolute Gasteiger partial charge is 0.366 e. The molecule has 0 saturated carbocycles. The number of hydrogen-bond acceptors (Lipinski definition) is 1. The third-order valence-corrected chi connectivity index (χ3v) is 2.75. The Kier molecular flexibility index (Phi) is 3.20. The van der Waals surface area contributed by atoms with E-state index in [1.54, 1.807) is 0 Å². The number of allylic oxidation sites excluding steroid dienone is 3. The van der Waals surface area contributed by atoms with Crippen molar-refractivity contribution < 1.29 is 4.79 Å². The van der Waals surface area contributed by atoms with Crippen molar-refractivity contribution in [3.05, 3.63) is 59.2 Å². The fourth-order valence-corrected chi connectivity index (χ4v) is 1.92. The summed E-state index contributed by atoms with van der Waals surface area (Å²) >= 11 is 0. The average molecular weight is 213 g/mol. The van der Waals surface area contributed by atoms with Gasteiger partial charge in [0.2, 0.25) is 5.91 Å². The second-order valence-corrected chi connectivity index (χ2v) is 4.01. The molecule has 0 spiro atoms. The number of carbonyl (C=O) groups excluding carboxylic acids is 1. The van der Waals surface area contributed by atoms with Gasteiger partial charge in [0.25, 0.3) is 0 Å². The predicted molar refractivity (Wildman–Crippen MR) is 64.7 cm³/mol. The highest BCUT2D eigenvalue weighted by molar-refractivity contribution is 5.92. The van der Waals surface area contributed by atoms with Crippen molar-refractivity contribution in [1.82, 2.24) is 0 Å². The lowest BCUT2D eigenvalue weighted by Gasteiger charge is -2.11. The number of amides is 1. The summed E-state index contributed by atoms with van der Waals surface area (Å²) < 4.78 is 0. The summed E-state index contributed by atoms with van der Waals surface area (Å²) in [4.78, 5) is 11.1. The van der Waals surface area contributed by atoms with E-state index in [4.69, 9.17) is 5.73 Å². The Bertz CT molecular complexity index is 443. The molecule has 0 radical (unpaired) electrons. The third-order valence-electron chi connectivity index (χ3n) is 2.75. The zero-order valence-corrected chi connectivity index (χ0v) is 9.15. The van der Waals surface area contributed by atoms with Crippen LogP contribution >= 0.6 is 0 Å². The minimum absolute atomic E-state index is 0.293. The van der Waals surface area contributed by atoms with Gasteiger partial charge in [-0.15, -0.1) is 0 Å². The Balaban J connectivity index is 2.12. The predicted octanol–water partition coefficient (Wildman–Crippen LogP) is 2.36. The summed E-state index contributed by atoms with van der Waals surface area (Å²) in [7, 11) is 0. The first kappa shape index (κ1) is 10.7. The van der Waals surface area contributed by atoms with Gasteiger partial charge in [-0.3, -0.25) is 4.79 Å². The van der Waals surface area contributed by atoms with Crippen LogP contribution in [-0.2, 0) is 11.2 Å². The third kappa shape index (κ3) is 2.60. The Morgan fingerprint density at radius 3 is 2.69 bits per heavy atom. The maximum atomic E-state index is 11.1. The van der Waals surface area contributed by atoms with Crippen molar-refractivity contribution in [3.63, 3.8) is 0 Å². The van der Waals surface area contributed by atoms with Gasteiger partial charge in [0.15, 0.2) is 0 Å². The normalized spacial score (nSPS) is 15.2. The molecule has 2 nitrogen and oxygen atoms in total. The van der Waals surface area contributed by atoms with Crippen LogP contribution in [0.15, 0.2) is 53.6 Å². The molecule has 82 valence electrons. The number of nitrogens with two attached hydrogens (primary N) is 1. The topological polar surface area (TPSA) is 43.1 Å². The molecule has 1 aliphatic rings. The number of primary amides is 1.